The third kappa shape index (κ3) is 2.83. The zero-order valence-corrected chi connectivity index (χ0v) is 11.0. The minimum atomic E-state index is -0.828. The first-order valence-corrected chi connectivity index (χ1v) is 6.43. The topological polar surface area (TPSA) is 107 Å². The van der Waals surface area contributed by atoms with Crippen LogP contribution in [0.4, 0.5) is 0 Å². The van der Waals surface area contributed by atoms with Gasteiger partial charge in [-0.2, -0.15) is 0 Å². The molecule has 0 bridgehead atoms. The Balaban J connectivity index is 1.88. The van der Waals surface area contributed by atoms with Crippen LogP contribution < -0.4 is 0 Å². The quantitative estimate of drug-likeness (QED) is 0.748. The molecule has 3 rings (SSSR count). The number of carboxylic acid groups (broad SMARTS) is 1. The van der Waals surface area contributed by atoms with Crippen molar-refractivity contribution in [1.29, 1.82) is 0 Å². The Labute approximate surface area is 119 Å². The lowest BCUT2D eigenvalue weighted by Crippen LogP contribution is -2.05. The summed E-state index contributed by atoms with van der Waals surface area (Å²) in [6.07, 6.45) is 3.82. The highest BCUT2D eigenvalue weighted by molar-refractivity contribution is 5.79. The molecule has 1 aromatic carbocycles. The molecule has 3 aromatic rings. The largest absolute Gasteiger partial charge is 0.481 e. The van der Waals surface area contributed by atoms with Crippen LogP contribution in [0.2, 0.25) is 0 Å². The molecule has 0 amide bonds. The van der Waals surface area contributed by atoms with Gasteiger partial charge in [-0.05, 0) is 35.0 Å². The summed E-state index contributed by atoms with van der Waals surface area (Å²) < 4.78 is 1.60. The van der Waals surface area contributed by atoms with Crippen LogP contribution in [0.5, 0.6) is 0 Å². The molecule has 8 heteroatoms. The number of aryl methyl sites for hydroxylation is 1. The Morgan fingerprint density at radius 3 is 2.81 bits per heavy atom. The fourth-order valence-electron chi connectivity index (χ4n) is 2.04. The van der Waals surface area contributed by atoms with E-state index in [2.05, 4.69) is 25.5 Å². The van der Waals surface area contributed by atoms with E-state index in [-0.39, 0.29) is 6.42 Å². The Bertz CT molecular complexity index is 785. The molecule has 106 valence electrons. The third-order valence-electron chi connectivity index (χ3n) is 3.02. The van der Waals surface area contributed by atoms with Crippen LogP contribution in [-0.2, 0) is 11.3 Å². The molecular formula is C13H12N6O2. The highest BCUT2D eigenvalue weighted by atomic mass is 16.4. The van der Waals surface area contributed by atoms with Gasteiger partial charge >= 0.3 is 5.97 Å². The van der Waals surface area contributed by atoms with Gasteiger partial charge in [-0.1, -0.05) is 0 Å². The van der Waals surface area contributed by atoms with E-state index in [1.165, 1.54) is 0 Å². The van der Waals surface area contributed by atoms with Crippen LogP contribution in [-0.4, -0.2) is 41.3 Å². The van der Waals surface area contributed by atoms with Gasteiger partial charge in [0.05, 0.1) is 11.0 Å². The highest BCUT2D eigenvalue weighted by Crippen LogP contribution is 2.20. The Morgan fingerprint density at radius 1 is 1.19 bits per heavy atom. The molecule has 0 saturated heterocycles. The summed E-state index contributed by atoms with van der Waals surface area (Å²) in [6.45, 7) is 0.452. The van der Waals surface area contributed by atoms with Crippen molar-refractivity contribution >= 4 is 17.0 Å². The summed E-state index contributed by atoms with van der Waals surface area (Å²) >= 11 is 0. The molecule has 0 fully saturated rings. The highest BCUT2D eigenvalue weighted by Gasteiger charge is 2.10. The molecular weight excluding hydrogens is 272 g/mol. The third-order valence-corrected chi connectivity index (χ3v) is 3.02. The summed E-state index contributed by atoms with van der Waals surface area (Å²) in [5.41, 5.74) is 2.38. The van der Waals surface area contributed by atoms with Crippen molar-refractivity contribution in [2.45, 2.75) is 19.4 Å². The van der Waals surface area contributed by atoms with Gasteiger partial charge in [-0.25, -0.2) is 4.68 Å². The van der Waals surface area contributed by atoms with E-state index in [9.17, 15) is 4.79 Å². The van der Waals surface area contributed by atoms with Gasteiger partial charge in [-0.3, -0.25) is 14.8 Å². The maximum atomic E-state index is 10.6. The molecule has 0 spiro atoms. The predicted octanol–water partition coefficient (Wildman–Crippen LogP) is 1.15. The maximum Gasteiger partial charge on any atom is 0.303 e. The Morgan fingerprint density at radius 2 is 2.00 bits per heavy atom. The van der Waals surface area contributed by atoms with Gasteiger partial charge in [0.15, 0.2) is 5.82 Å². The van der Waals surface area contributed by atoms with E-state index >= 15 is 0 Å². The second-order valence-corrected chi connectivity index (χ2v) is 4.48. The number of hydrogen-bond donors (Lipinski definition) is 1. The van der Waals surface area contributed by atoms with Crippen LogP contribution >= 0.6 is 0 Å². The molecule has 0 aliphatic heterocycles. The number of carboxylic acids is 1. The van der Waals surface area contributed by atoms with Gasteiger partial charge in [0.2, 0.25) is 0 Å². The van der Waals surface area contributed by atoms with Crippen molar-refractivity contribution in [1.82, 2.24) is 30.2 Å². The van der Waals surface area contributed by atoms with Crippen molar-refractivity contribution < 1.29 is 9.90 Å². The summed E-state index contributed by atoms with van der Waals surface area (Å²) in [6, 6.07) is 5.59. The number of fused-ring (bicyclic) bond motifs is 1. The van der Waals surface area contributed by atoms with Gasteiger partial charge in [0.1, 0.15) is 0 Å². The van der Waals surface area contributed by atoms with Crippen molar-refractivity contribution in [3.8, 4) is 11.4 Å². The average molecular weight is 284 g/mol. The molecule has 1 N–H and O–H groups in total. The molecule has 0 radical (unpaired) electrons. The van der Waals surface area contributed by atoms with E-state index in [1.807, 2.05) is 18.2 Å². The Hall–Kier alpha value is -2.90. The van der Waals surface area contributed by atoms with Gasteiger partial charge < -0.3 is 5.11 Å². The zero-order chi connectivity index (χ0) is 14.7. The fourth-order valence-corrected chi connectivity index (χ4v) is 2.04. The first-order valence-electron chi connectivity index (χ1n) is 6.43. The van der Waals surface area contributed by atoms with Crippen LogP contribution in [0.3, 0.4) is 0 Å². The zero-order valence-electron chi connectivity index (χ0n) is 11.0. The number of tetrazole rings is 1. The van der Waals surface area contributed by atoms with Gasteiger partial charge in [0, 0.05) is 30.9 Å². The monoisotopic (exact) mass is 284 g/mol. The van der Waals surface area contributed by atoms with E-state index in [0.717, 1.165) is 16.6 Å². The second-order valence-electron chi connectivity index (χ2n) is 4.48. The average Bonchev–Trinajstić information content (AvgIpc) is 2.95. The first kappa shape index (κ1) is 13.1. The first-order chi connectivity index (χ1) is 10.2. The summed E-state index contributed by atoms with van der Waals surface area (Å²) in [7, 11) is 0. The lowest BCUT2D eigenvalue weighted by molar-refractivity contribution is -0.137. The minimum absolute atomic E-state index is 0.0858. The number of hydrogen-bond acceptors (Lipinski definition) is 6. The van der Waals surface area contributed by atoms with Crippen molar-refractivity contribution in [3.63, 3.8) is 0 Å². The lowest BCUT2D eigenvalue weighted by atomic mass is 10.2. The molecule has 0 saturated carbocycles. The molecule has 8 nitrogen and oxygen atoms in total. The van der Waals surface area contributed by atoms with Crippen molar-refractivity contribution in [2.24, 2.45) is 0 Å². The number of benzene rings is 1. The maximum absolute atomic E-state index is 10.6. The van der Waals surface area contributed by atoms with E-state index in [0.29, 0.717) is 18.8 Å². The normalized spacial score (nSPS) is 10.9. The van der Waals surface area contributed by atoms with E-state index < -0.39 is 5.97 Å². The van der Waals surface area contributed by atoms with Crippen molar-refractivity contribution in [3.05, 3.63) is 30.6 Å². The summed E-state index contributed by atoms with van der Waals surface area (Å²) in [5.74, 6) is -0.237. The molecule has 0 aliphatic rings. The van der Waals surface area contributed by atoms with Crippen LogP contribution in [0.15, 0.2) is 30.6 Å². The fraction of sp³-hybridized carbons (Fsp3) is 0.231. The summed E-state index contributed by atoms with van der Waals surface area (Å²) in [4.78, 5) is 19.0. The van der Waals surface area contributed by atoms with Gasteiger partial charge in [0.25, 0.3) is 0 Å². The predicted molar refractivity (Wildman–Crippen MR) is 73.2 cm³/mol. The molecule has 21 heavy (non-hydrogen) atoms. The minimum Gasteiger partial charge on any atom is -0.481 e. The number of aliphatic carboxylic acids is 1. The van der Waals surface area contributed by atoms with Crippen molar-refractivity contribution in [2.75, 3.05) is 0 Å². The lowest BCUT2D eigenvalue weighted by Gasteiger charge is -2.04. The van der Waals surface area contributed by atoms with E-state index in [1.54, 1.807) is 17.1 Å². The number of nitrogens with zero attached hydrogens (tertiary/aromatic N) is 6. The number of rotatable bonds is 5. The standard InChI is InChI=1S/C13H12N6O2/c20-12(21)2-1-7-19-13(16-17-18-19)9-3-4-10-11(8-9)15-6-5-14-10/h3-6,8H,1-2,7H2,(H,20,21). The number of carbonyl (C=O) groups is 1. The van der Waals surface area contributed by atoms with Crippen LogP contribution in [0.25, 0.3) is 22.4 Å². The smallest absolute Gasteiger partial charge is 0.303 e. The SMILES string of the molecule is O=C(O)CCCn1nnnc1-c1ccc2nccnc2c1. The van der Waals surface area contributed by atoms with Crippen LogP contribution in [0, 0.1) is 0 Å². The molecule has 0 unspecified atom stereocenters. The molecule has 0 atom stereocenters. The molecule has 0 aliphatic carbocycles. The number of aromatic nitrogens is 6. The van der Waals surface area contributed by atoms with Gasteiger partial charge in [-0.15, -0.1) is 5.10 Å². The Kier molecular flexibility index (Phi) is 3.50. The summed E-state index contributed by atoms with van der Waals surface area (Å²) in [5, 5.41) is 20.2. The van der Waals surface area contributed by atoms with Crippen LogP contribution in [0.1, 0.15) is 12.8 Å². The molecule has 2 aromatic heterocycles. The van der Waals surface area contributed by atoms with E-state index in [4.69, 9.17) is 5.11 Å². The molecule has 2 heterocycles. The second kappa shape index (κ2) is 5.61.